The van der Waals surface area contributed by atoms with E-state index < -0.39 is 8.53 Å². The molecule has 0 saturated heterocycles. The lowest BCUT2D eigenvalue weighted by atomic mass is 10.1. The molecule has 0 saturated carbocycles. The van der Waals surface area contributed by atoms with E-state index in [0.717, 1.165) is 25.7 Å². The van der Waals surface area contributed by atoms with Gasteiger partial charge in [0, 0.05) is 0 Å². The summed E-state index contributed by atoms with van der Waals surface area (Å²) < 4.78 is -2.21. The van der Waals surface area contributed by atoms with Crippen molar-refractivity contribution in [3.05, 3.63) is 0 Å². The summed E-state index contributed by atoms with van der Waals surface area (Å²) in [5, 5.41) is 18.6. The zero-order valence-corrected chi connectivity index (χ0v) is 15.7. The topological polar surface area (TPSA) is 40.5 Å². The van der Waals surface area contributed by atoms with Gasteiger partial charge in [0.15, 0.2) is 8.53 Å². The molecule has 0 spiro atoms. The van der Waals surface area contributed by atoms with Crippen molar-refractivity contribution in [1.29, 1.82) is 0 Å². The fraction of sp³-hybridized carbons (Fsp3) is 1.00. The molecule has 0 aliphatic heterocycles. The van der Waals surface area contributed by atoms with E-state index in [1.807, 2.05) is 0 Å². The number of rotatable bonds is 13. The van der Waals surface area contributed by atoms with E-state index in [-0.39, 0.29) is 0 Å². The first kappa shape index (κ1) is 21.3. The van der Waals surface area contributed by atoms with Gasteiger partial charge in [-0.05, 0) is 25.7 Å². The van der Waals surface area contributed by atoms with Gasteiger partial charge in [-0.1, -0.05) is 51.4 Å². The molecule has 20 heavy (non-hydrogen) atoms. The molecule has 0 radical (unpaired) electrons. The lowest BCUT2D eigenvalue weighted by Gasteiger charge is -2.14. The van der Waals surface area contributed by atoms with E-state index in [1.54, 1.807) is 0 Å². The van der Waals surface area contributed by atoms with Crippen molar-refractivity contribution < 1.29 is 10.2 Å². The van der Waals surface area contributed by atoms with E-state index in [1.165, 1.54) is 38.5 Å². The lowest BCUT2D eigenvalue weighted by molar-refractivity contribution is 0.218. The highest BCUT2D eigenvalue weighted by molar-refractivity contribution is 8.00. The molecule has 6 heteroatoms. The number of aliphatic hydroxyl groups is 2. The molecule has 0 unspecified atom stereocenters. The van der Waals surface area contributed by atoms with Crippen LogP contribution < -0.4 is 0 Å². The molecule has 0 amide bonds. The summed E-state index contributed by atoms with van der Waals surface area (Å²) in [4.78, 5) is 0. The number of hydrogen-bond donors (Lipinski definition) is 6. The molecule has 0 atom stereocenters. The average molecular weight is 359 g/mol. The average Bonchev–Trinajstić information content (AvgIpc) is 2.27. The van der Waals surface area contributed by atoms with Gasteiger partial charge in [-0.25, -0.2) is 0 Å². The zero-order valence-electron chi connectivity index (χ0n) is 12.2. The first-order valence-electron chi connectivity index (χ1n) is 7.55. The molecule has 2 N–H and O–H groups in total. The van der Waals surface area contributed by atoms with Gasteiger partial charge in [0.2, 0.25) is 0 Å². The minimum atomic E-state index is -1.10. The number of hydrogen-bond acceptors (Lipinski definition) is 6. The molecule has 0 heterocycles. The third kappa shape index (κ3) is 19.3. The fourth-order valence-electron chi connectivity index (χ4n) is 2.14. The van der Waals surface area contributed by atoms with Crippen LogP contribution in [0, 0.1) is 0 Å². The van der Waals surface area contributed by atoms with E-state index in [9.17, 15) is 10.2 Å². The van der Waals surface area contributed by atoms with E-state index in [2.05, 4.69) is 50.5 Å². The maximum atomic E-state index is 9.31. The third-order valence-corrected chi connectivity index (χ3v) is 4.17. The SMILES string of the molecule is OC(S)(S)CCCCCCCCCCCCC(O)(S)S. The maximum Gasteiger partial charge on any atom is 0.151 e. The normalized spacial score (nSPS) is 12.9. The quantitative estimate of drug-likeness (QED) is 0.164. The summed E-state index contributed by atoms with van der Waals surface area (Å²) in [6.07, 6.45) is 13.1. The predicted octanol–water partition coefficient (Wildman–Crippen LogP) is 4.68. The summed E-state index contributed by atoms with van der Waals surface area (Å²) >= 11 is 15.9. The summed E-state index contributed by atoms with van der Waals surface area (Å²) in [6.45, 7) is 0. The Morgan fingerprint density at radius 1 is 0.450 bits per heavy atom. The Kier molecular flexibility index (Phi) is 12.6. The van der Waals surface area contributed by atoms with Crippen LogP contribution in [0.3, 0.4) is 0 Å². The largest absolute Gasteiger partial charge is 0.371 e. The highest BCUT2D eigenvalue weighted by atomic mass is 32.2. The molecule has 0 aromatic rings. The Bertz CT molecular complexity index is 200. The van der Waals surface area contributed by atoms with Gasteiger partial charge in [-0.15, -0.1) is 50.5 Å². The molecule has 0 fully saturated rings. The van der Waals surface area contributed by atoms with Crippen molar-refractivity contribution in [2.45, 2.75) is 85.6 Å². The second-order valence-corrected chi connectivity index (χ2v) is 9.25. The van der Waals surface area contributed by atoms with Gasteiger partial charge in [0.1, 0.15) is 0 Å². The lowest BCUT2D eigenvalue weighted by Crippen LogP contribution is -2.10. The maximum absolute atomic E-state index is 9.31. The van der Waals surface area contributed by atoms with Crippen LogP contribution in [0.1, 0.15) is 77.0 Å². The Balaban J connectivity index is 3.10. The van der Waals surface area contributed by atoms with Crippen LogP contribution >= 0.6 is 50.5 Å². The molecular weight excluding hydrogens is 328 g/mol. The highest BCUT2D eigenvalue weighted by Gasteiger charge is 2.14. The molecule has 122 valence electrons. The molecule has 0 bridgehead atoms. The summed E-state index contributed by atoms with van der Waals surface area (Å²) in [5.74, 6) is 0. The van der Waals surface area contributed by atoms with Crippen LogP contribution in [0.2, 0.25) is 0 Å². The Morgan fingerprint density at radius 3 is 0.850 bits per heavy atom. The van der Waals surface area contributed by atoms with Crippen molar-refractivity contribution in [2.75, 3.05) is 0 Å². The molecular formula is C14H30O2S4. The van der Waals surface area contributed by atoms with Gasteiger partial charge < -0.3 is 10.2 Å². The smallest absolute Gasteiger partial charge is 0.151 e. The molecule has 2 nitrogen and oxygen atoms in total. The minimum absolute atomic E-state index is 0.641. The van der Waals surface area contributed by atoms with Crippen molar-refractivity contribution >= 4 is 50.5 Å². The molecule has 0 aliphatic carbocycles. The summed E-state index contributed by atoms with van der Waals surface area (Å²) in [5.41, 5.74) is 0. The van der Waals surface area contributed by atoms with Gasteiger partial charge >= 0.3 is 0 Å². The van der Waals surface area contributed by atoms with E-state index >= 15 is 0 Å². The number of unbranched alkanes of at least 4 members (excludes halogenated alkanes) is 9. The van der Waals surface area contributed by atoms with Crippen molar-refractivity contribution in [3.63, 3.8) is 0 Å². The van der Waals surface area contributed by atoms with Crippen molar-refractivity contribution in [2.24, 2.45) is 0 Å². The monoisotopic (exact) mass is 358 g/mol. The minimum Gasteiger partial charge on any atom is -0.371 e. The number of thiol groups is 4. The third-order valence-electron chi connectivity index (χ3n) is 3.27. The molecule has 0 rings (SSSR count). The van der Waals surface area contributed by atoms with Crippen LogP contribution in [0.15, 0.2) is 0 Å². The fourth-order valence-corrected chi connectivity index (χ4v) is 2.77. The van der Waals surface area contributed by atoms with Crippen LogP contribution in [-0.2, 0) is 0 Å². The molecule has 0 aromatic carbocycles. The second kappa shape index (κ2) is 11.8. The first-order chi connectivity index (χ1) is 9.21. The predicted molar refractivity (Wildman–Crippen MR) is 101 cm³/mol. The molecule has 0 aliphatic rings. The van der Waals surface area contributed by atoms with Crippen LogP contribution in [-0.4, -0.2) is 18.7 Å². The zero-order chi connectivity index (χ0) is 15.5. The summed E-state index contributed by atoms with van der Waals surface area (Å²) in [6, 6.07) is 0. The van der Waals surface area contributed by atoms with Gasteiger partial charge in [-0.3, -0.25) is 0 Å². The second-order valence-electron chi connectivity index (χ2n) is 5.58. The van der Waals surface area contributed by atoms with Crippen LogP contribution in [0.4, 0.5) is 0 Å². The van der Waals surface area contributed by atoms with Crippen molar-refractivity contribution in [1.82, 2.24) is 0 Å². The van der Waals surface area contributed by atoms with Gasteiger partial charge in [-0.2, -0.15) is 0 Å². The summed E-state index contributed by atoms with van der Waals surface area (Å²) in [7, 11) is 0. The van der Waals surface area contributed by atoms with Crippen LogP contribution in [0.5, 0.6) is 0 Å². The van der Waals surface area contributed by atoms with Crippen molar-refractivity contribution in [3.8, 4) is 0 Å². The van der Waals surface area contributed by atoms with Gasteiger partial charge in [0.05, 0.1) is 0 Å². The Labute approximate surface area is 146 Å². The Morgan fingerprint density at radius 2 is 0.650 bits per heavy atom. The Hall–Kier alpha value is 1.32. The standard InChI is InChI=1S/C14H30O2S4/c15-13(17,18)11-9-7-5-3-1-2-4-6-8-10-12-14(16,19)20/h15-20H,1-12H2. The van der Waals surface area contributed by atoms with E-state index in [4.69, 9.17) is 0 Å². The highest BCUT2D eigenvalue weighted by Crippen LogP contribution is 2.24. The van der Waals surface area contributed by atoms with Crippen LogP contribution in [0.25, 0.3) is 0 Å². The first-order valence-corrected chi connectivity index (χ1v) is 9.34. The van der Waals surface area contributed by atoms with Gasteiger partial charge in [0.25, 0.3) is 0 Å². The van der Waals surface area contributed by atoms with E-state index in [0.29, 0.717) is 12.8 Å². The molecule has 0 aromatic heterocycles.